The van der Waals surface area contributed by atoms with Crippen molar-refractivity contribution in [3.05, 3.63) is 41.5 Å². The number of hydrogen-bond acceptors (Lipinski definition) is 6. The first-order chi connectivity index (χ1) is 13.6. The summed E-state index contributed by atoms with van der Waals surface area (Å²) in [6.07, 6.45) is 2.22. The van der Waals surface area contributed by atoms with Crippen molar-refractivity contribution in [2.75, 3.05) is 46.3 Å². The van der Waals surface area contributed by atoms with Crippen LogP contribution in [0.25, 0.3) is 0 Å². The molecule has 0 atom stereocenters. The minimum Gasteiger partial charge on any atom is -0.508 e. The molecular formula is C21H32N6O. The zero-order chi connectivity index (χ0) is 19.5. The summed E-state index contributed by atoms with van der Waals surface area (Å²) in [6, 6.07) is 7.58. The van der Waals surface area contributed by atoms with Crippen LogP contribution in [-0.4, -0.2) is 80.9 Å². The molecule has 0 unspecified atom stereocenters. The molecule has 4 rings (SSSR count). The Morgan fingerprint density at radius 2 is 1.64 bits per heavy atom. The molecule has 2 saturated heterocycles. The average Bonchev–Trinajstić information content (AvgIpc) is 3.05. The van der Waals surface area contributed by atoms with Gasteiger partial charge in [0.15, 0.2) is 0 Å². The molecular weight excluding hydrogens is 352 g/mol. The highest BCUT2D eigenvalue weighted by atomic mass is 16.3. The van der Waals surface area contributed by atoms with E-state index in [4.69, 9.17) is 0 Å². The fourth-order valence-corrected chi connectivity index (χ4v) is 4.34. The zero-order valence-electron chi connectivity index (χ0n) is 17.1. The maximum atomic E-state index is 9.65. The van der Waals surface area contributed by atoms with Crippen LogP contribution in [0.15, 0.2) is 24.3 Å². The SMILES string of the molecule is CN1CCN(Cc2nnc(C3CCN(Cc4cccc(O)c4)CC3)n2C)CC1. The van der Waals surface area contributed by atoms with E-state index in [0.717, 1.165) is 76.8 Å². The predicted octanol–water partition coefficient (Wildman–Crippen LogP) is 1.65. The summed E-state index contributed by atoms with van der Waals surface area (Å²) < 4.78 is 2.23. The lowest BCUT2D eigenvalue weighted by molar-refractivity contribution is 0.144. The molecule has 1 N–H and O–H groups in total. The lowest BCUT2D eigenvalue weighted by Crippen LogP contribution is -2.44. The number of likely N-dealkylation sites (tertiary alicyclic amines) is 1. The van der Waals surface area contributed by atoms with E-state index in [0.29, 0.717) is 11.7 Å². The molecule has 7 nitrogen and oxygen atoms in total. The fraction of sp³-hybridized carbons (Fsp3) is 0.619. The molecule has 7 heteroatoms. The van der Waals surface area contributed by atoms with Crippen LogP contribution in [0, 0.1) is 0 Å². The van der Waals surface area contributed by atoms with Crippen molar-refractivity contribution in [2.24, 2.45) is 7.05 Å². The first-order valence-electron chi connectivity index (χ1n) is 10.4. The maximum absolute atomic E-state index is 9.65. The summed E-state index contributed by atoms with van der Waals surface area (Å²) in [6.45, 7) is 8.37. The van der Waals surface area contributed by atoms with Crippen LogP contribution in [0.2, 0.25) is 0 Å². The van der Waals surface area contributed by atoms with E-state index >= 15 is 0 Å². The van der Waals surface area contributed by atoms with E-state index in [9.17, 15) is 5.11 Å². The van der Waals surface area contributed by atoms with Crippen molar-refractivity contribution in [2.45, 2.75) is 31.8 Å². The third kappa shape index (κ3) is 4.54. The Hall–Kier alpha value is -1.96. The lowest BCUT2D eigenvalue weighted by Gasteiger charge is -2.32. The number of likely N-dealkylation sites (N-methyl/N-ethyl adjacent to an activating group) is 1. The van der Waals surface area contributed by atoms with E-state index in [1.54, 1.807) is 6.07 Å². The van der Waals surface area contributed by atoms with Crippen molar-refractivity contribution >= 4 is 0 Å². The number of rotatable bonds is 5. The third-order valence-electron chi connectivity index (χ3n) is 6.23. The first kappa shape index (κ1) is 19.4. The molecule has 0 aliphatic carbocycles. The van der Waals surface area contributed by atoms with Crippen LogP contribution in [0.5, 0.6) is 5.75 Å². The molecule has 0 spiro atoms. The van der Waals surface area contributed by atoms with E-state index in [2.05, 4.69) is 49.6 Å². The molecule has 1 aromatic carbocycles. The Kier molecular flexibility index (Phi) is 5.94. The number of aromatic nitrogens is 3. The van der Waals surface area contributed by atoms with Gasteiger partial charge in [-0.25, -0.2) is 0 Å². The minimum absolute atomic E-state index is 0.347. The highest BCUT2D eigenvalue weighted by Crippen LogP contribution is 2.28. The van der Waals surface area contributed by atoms with Crippen LogP contribution in [0.4, 0.5) is 0 Å². The van der Waals surface area contributed by atoms with Crippen molar-refractivity contribution in [1.29, 1.82) is 0 Å². The second kappa shape index (κ2) is 8.59. The normalized spacial score (nSPS) is 20.6. The van der Waals surface area contributed by atoms with Crippen LogP contribution >= 0.6 is 0 Å². The topological polar surface area (TPSA) is 60.7 Å². The van der Waals surface area contributed by atoms with Gasteiger partial charge in [0.05, 0.1) is 6.54 Å². The number of aromatic hydroxyl groups is 1. The second-order valence-electron chi connectivity index (χ2n) is 8.33. The Morgan fingerprint density at radius 1 is 0.929 bits per heavy atom. The lowest BCUT2D eigenvalue weighted by atomic mass is 9.95. The van der Waals surface area contributed by atoms with E-state index in [1.807, 2.05) is 12.1 Å². The van der Waals surface area contributed by atoms with Gasteiger partial charge in [-0.05, 0) is 50.7 Å². The molecule has 3 heterocycles. The smallest absolute Gasteiger partial charge is 0.146 e. The van der Waals surface area contributed by atoms with Gasteiger partial charge in [0.25, 0.3) is 0 Å². The molecule has 2 aliphatic heterocycles. The number of piperidine rings is 1. The molecule has 2 aliphatic rings. The van der Waals surface area contributed by atoms with Crippen LogP contribution in [0.1, 0.15) is 36.0 Å². The largest absolute Gasteiger partial charge is 0.508 e. The molecule has 1 aromatic heterocycles. The standard InChI is InChI=1S/C21H32N6O/c1-24-10-12-27(13-11-24)16-20-22-23-21(25(20)2)18-6-8-26(9-7-18)15-17-4-3-5-19(28)14-17/h3-5,14,18,28H,6-13,15-16H2,1-2H3. The van der Waals surface area contributed by atoms with Crippen molar-refractivity contribution in [3.8, 4) is 5.75 Å². The van der Waals surface area contributed by atoms with Crippen LogP contribution in [0.3, 0.4) is 0 Å². The third-order valence-corrected chi connectivity index (χ3v) is 6.23. The van der Waals surface area contributed by atoms with Gasteiger partial charge in [0, 0.05) is 45.7 Å². The van der Waals surface area contributed by atoms with E-state index < -0.39 is 0 Å². The summed E-state index contributed by atoms with van der Waals surface area (Å²) in [5.74, 6) is 3.06. The van der Waals surface area contributed by atoms with E-state index in [-0.39, 0.29) is 0 Å². The summed E-state index contributed by atoms with van der Waals surface area (Å²) in [4.78, 5) is 7.32. The highest BCUT2D eigenvalue weighted by molar-refractivity contribution is 5.27. The monoisotopic (exact) mass is 384 g/mol. The van der Waals surface area contributed by atoms with Crippen LogP contribution in [-0.2, 0) is 20.1 Å². The molecule has 0 radical (unpaired) electrons. The number of piperazine rings is 1. The summed E-state index contributed by atoms with van der Waals surface area (Å²) in [5.41, 5.74) is 1.17. The van der Waals surface area contributed by atoms with Crippen molar-refractivity contribution < 1.29 is 5.11 Å². The first-order valence-corrected chi connectivity index (χ1v) is 10.4. The van der Waals surface area contributed by atoms with Gasteiger partial charge in [-0.1, -0.05) is 12.1 Å². The number of phenols is 1. The summed E-state index contributed by atoms with van der Waals surface area (Å²) in [5, 5.41) is 18.7. The molecule has 0 amide bonds. The van der Waals surface area contributed by atoms with Gasteiger partial charge in [-0.2, -0.15) is 0 Å². The van der Waals surface area contributed by atoms with Gasteiger partial charge >= 0.3 is 0 Å². The molecule has 0 bridgehead atoms. The van der Waals surface area contributed by atoms with Gasteiger partial charge in [0.1, 0.15) is 17.4 Å². The number of phenolic OH excluding ortho intramolecular Hbond substituents is 1. The molecule has 28 heavy (non-hydrogen) atoms. The van der Waals surface area contributed by atoms with Gasteiger partial charge in [0.2, 0.25) is 0 Å². The van der Waals surface area contributed by atoms with Crippen molar-refractivity contribution in [3.63, 3.8) is 0 Å². The molecule has 152 valence electrons. The fourth-order valence-electron chi connectivity index (χ4n) is 4.34. The quantitative estimate of drug-likeness (QED) is 0.846. The highest BCUT2D eigenvalue weighted by Gasteiger charge is 2.26. The Bertz CT molecular complexity index is 775. The van der Waals surface area contributed by atoms with Gasteiger partial charge < -0.3 is 14.6 Å². The maximum Gasteiger partial charge on any atom is 0.146 e. The zero-order valence-corrected chi connectivity index (χ0v) is 17.1. The Morgan fingerprint density at radius 3 is 2.36 bits per heavy atom. The van der Waals surface area contributed by atoms with Crippen LogP contribution < -0.4 is 0 Å². The Balaban J connectivity index is 1.31. The number of hydrogen-bond donors (Lipinski definition) is 1. The van der Waals surface area contributed by atoms with Gasteiger partial charge in [-0.15, -0.1) is 10.2 Å². The average molecular weight is 385 g/mol. The Labute approximate surface area is 167 Å². The minimum atomic E-state index is 0.347. The van der Waals surface area contributed by atoms with Crippen molar-refractivity contribution in [1.82, 2.24) is 29.5 Å². The van der Waals surface area contributed by atoms with E-state index in [1.165, 1.54) is 5.56 Å². The molecule has 0 saturated carbocycles. The number of benzene rings is 1. The number of nitrogens with zero attached hydrogens (tertiary/aromatic N) is 6. The summed E-state index contributed by atoms with van der Waals surface area (Å²) in [7, 11) is 4.31. The molecule has 2 fully saturated rings. The summed E-state index contributed by atoms with van der Waals surface area (Å²) >= 11 is 0. The molecule has 2 aromatic rings. The predicted molar refractivity (Wildman–Crippen MR) is 109 cm³/mol. The van der Waals surface area contributed by atoms with Gasteiger partial charge in [-0.3, -0.25) is 9.80 Å². The second-order valence-corrected chi connectivity index (χ2v) is 8.33.